The SMILES string of the molecule is CCSc1nnc(NC(=O)CSc2nnc(CNC(=O)c3cccc(C)c3)n2-c2cc(C)ccc2C)s1. The van der Waals surface area contributed by atoms with Gasteiger partial charge >= 0.3 is 0 Å². The first-order valence-electron chi connectivity index (χ1n) is 11.6. The van der Waals surface area contributed by atoms with Crippen molar-refractivity contribution in [3.63, 3.8) is 0 Å². The van der Waals surface area contributed by atoms with Crippen LogP contribution in [-0.4, -0.2) is 48.3 Å². The Labute approximate surface area is 227 Å². The van der Waals surface area contributed by atoms with Crippen LogP contribution in [0.4, 0.5) is 5.13 Å². The zero-order chi connectivity index (χ0) is 26.4. The van der Waals surface area contributed by atoms with Gasteiger partial charge in [-0.15, -0.1) is 20.4 Å². The summed E-state index contributed by atoms with van der Waals surface area (Å²) in [6.07, 6.45) is 0. The Morgan fingerprint density at radius 1 is 0.973 bits per heavy atom. The molecule has 0 aliphatic heterocycles. The topological polar surface area (TPSA) is 115 Å². The number of carbonyl (C=O) groups is 2. The summed E-state index contributed by atoms with van der Waals surface area (Å²) >= 11 is 4.20. The summed E-state index contributed by atoms with van der Waals surface area (Å²) in [5.74, 6) is 1.18. The first-order valence-corrected chi connectivity index (χ1v) is 14.4. The standard InChI is InChI=1S/C25H27N7O2S3/c1-5-35-25-31-29-23(37-25)27-21(33)14-36-24-30-28-20(32(24)19-12-16(3)9-10-17(19)4)13-26-22(34)18-8-6-7-15(2)11-18/h6-12H,5,13-14H2,1-4H3,(H,26,34)(H,27,29,33). The van der Waals surface area contributed by atoms with Crippen LogP contribution in [0.2, 0.25) is 0 Å². The smallest absolute Gasteiger partial charge is 0.251 e. The van der Waals surface area contributed by atoms with E-state index in [2.05, 4.69) is 31.0 Å². The van der Waals surface area contributed by atoms with Crippen molar-refractivity contribution in [1.82, 2.24) is 30.3 Å². The summed E-state index contributed by atoms with van der Waals surface area (Å²) < 4.78 is 2.72. The lowest BCUT2D eigenvalue weighted by Gasteiger charge is -2.14. The van der Waals surface area contributed by atoms with Crippen molar-refractivity contribution in [2.24, 2.45) is 0 Å². The predicted molar refractivity (Wildman–Crippen MR) is 149 cm³/mol. The molecular weight excluding hydrogens is 527 g/mol. The van der Waals surface area contributed by atoms with E-state index in [1.165, 1.54) is 23.1 Å². The molecule has 0 fully saturated rings. The van der Waals surface area contributed by atoms with Crippen LogP contribution in [0, 0.1) is 20.8 Å². The molecule has 0 aliphatic rings. The third-order valence-electron chi connectivity index (χ3n) is 5.25. The molecule has 0 bridgehead atoms. The molecule has 9 nitrogen and oxygen atoms in total. The summed E-state index contributed by atoms with van der Waals surface area (Å²) in [5, 5.41) is 23.6. The number of benzene rings is 2. The highest BCUT2D eigenvalue weighted by Crippen LogP contribution is 2.27. The van der Waals surface area contributed by atoms with Crippen LogP contribution in [0.5, 0.6) is 0 Å². The monoisotopic (exact) mass is 553 g/mol. The minimum Gasteiger partial charge on any atom is -0.345 e. The number of thioether (sulfide) groups is 2. The van der Waals surface area contributed by atoms with Crippen LogP contribution in [-0.2, 0) is 11.3 Å². The van der Waals surface area contributed by atoms with Crippen LogP contribution < -0.4 is 10.6 Å². The Kier molecular flexibility index (Phi) is 8.95. The van der Waals surface area contributed by atoms with Crippen LogP contribution in [0.25, 0.3) is 5.69 Å². The fourth-order valence-corrected chi connectivity index (χ4v) is 5.91. The maximum atomic E-state index is 12.7. The highest BCUT2D eigenvalue weighted by Gasteiger charge is 2.19. The molecule has 0 saturated carbocycles. The maximum absolute atomic E-state index is 12.7. The molecule has 0 aliphatic carbocycles. The molecular formula is C25H27N7O2S3. The molecule has 2 aromatic heterocycles. The van der Waals surface area contributed by atoms with Crippen molar-refractivity contribution < 1.29 is 9.59 Å². The van der Waals surface area contributed by atoms with Crippen LogP contribution >= 0.6 is 34.9 Å². The van der Waals surface area contributed by atoms with E-state index in [1.54, 1.807) is 17.8 Å². The Morgan fingerprint density at radius 3 is 2.57 bits per heavy atom. The van der Waals surface area contributed by atoms with Gasteiger partial charge in [0.25, 0.3) is 5.91 Å². The van der Waals surface area contributed by atoms with Gasteiger partial charge in [0.2, 0.25) is 11.0 Å². The van der Waals surface area contributed by atoms with Gasteiger partial charge in [0.05, 0.1) is 18.0 Å². The second-order valence-electron chi connectivity index (χ2n) is 8.22. The van der Waals surface area contributed by atoms with E-state index in [1.807, 2.05) is 68.7 Å². The summed E-state index contributed by atoms with van der Waals surface area (Å²) in [5.41, 5.74) is 4.60. The lowest BCUT2D eigenvalue weighted by Crippen LogP contribution is -2.25. The number of carbonyl (C=O) groups excluding carboxylic acids is 2. The number of hydrogen-bond donors (Lipinski definition) is 2. The summed E-state index contributed by atoms with van der Waals surface area (Å²) in [6, 6.07) is 13.5. The molecule has 2 N–H and O–H groups in total. The Morgan fingerprint density at radius 2 is 1.78 bits per heavy atom. The van der Waals surface area contributed by atoms with Crippen molar-refractivity contribution in [2.45, 2.75) is 43.7 Å². The van der Waals surface area contributed by atoms with Crippen LogP contribution in [0.1, 0.15) is 39.8 Å². The minimum atomic E-state index is -0.209. The van der Waals surface area contributed by atoms with E-state index < -0.39 is 0 Å². The van der Waals surface area contributed by atoms with E-state index in [4.69, 9.17) is 0 Å². The van der Waals surface area contributed by atoms with Crippen molar-refractivity contribution in [2.75, 3.05) is 16.8 Å². The fourth-order valence-electron chi connectivity index (χ4n) is 3.49. The maximum Gasteiger partial charge on any atom is 0.251 e. The van der Waals surface area contributed by atoms with Crippen molar-refractivity contribution >= 4 is 51.8 Å². The van der Waals surface area contributed by atoms with Crippen LogP contribution in [0.3, 0.4) is 0 Å². The number of amides is 2. The summed E-state index contributed by atoms with van der Waals surface area (Å²) in [6.45, 7) is 8.19. The molecule has 0 spiro atoms. The largest absolute Gasteiger partial charge is 0.345 e. The van der Waals surface area contributed by atoms with Gasteiger partial charge in [0.15, 0.2) is 15.3 Å². The second-order valence-corrected chi connectivity index (χ2v) is 11.7. The average Bonchev–Trinajstić information content (AvgIpc) is 3.49. The Bertz CT molecular complexity index is 1420. The average molecular weight is 554 g/mol. The summed E-state index contributed by atoms with van der Waals surface area (Å²) in [4.78, 5) is 25.4. The first-order chi connectivity index (χ1) is 17.8. The Balaban J connectivity index is 1.52. The molecule has 4 rings (SSSR count). The minimum absolute atomic E-state index is 0.120. The van der Waals surface area contributed by atoms with E-state index in [0.717, 1.165) is 32.5 Å². The predicted octanol–water partition coefficient (Wildman–Crippen LogP) is 4.82. The van der Waals surface area contributed by atoms with Crippen molar-refractivity contribution in [3.8, 4) is 5.69 Å². The number of nitrogens with zero attached hydrogens (tertiary/aromatic N) is 5. The number of rotatable bonds is 10. The van der Waals surface area contributed by atoms with E-state index in [9.17, 15) is 9.59 Å². The lowest BCUT2D eigenvalue weighted by molar-refractivity contribution is -0.113. The number of aryl methyl sites for hydroxylation is 3. The van der Waals surface area contributed by atoms with Gasteiger partial charge in [0, 0.05) is 5.56 Å². The second kappa shape index (κ2) is 12.3. The normalized spacial score (nSPS) is 10.9. The number of anilines is 1. The molecule has 0 saturated heterocycles. The van der Waals surface area contributed by atoms with Gasteiger partial charge in [-0.2, -0.15) is 0 Å². The van der Waals surface area contributed by atoms with E-state index in [0.29, 0.717) is 21.7 Å². The quantitative estimate of drug-likeness (QED) is 0.212. The third kappa shape index (κ3) is 6.96. The van der Waals surface area contributed by atoms with Gasteiger partial charge in [-0.05, 0) is 55.9 Å². The van der Waals surface area contributed by atoms with Gasteiger partial charge in [-0.25, -0.2) is 0 Å². The molecule has 4 aromatic rings. The zero-order valence-corrected chi connectivity index (χ0v) is 23.4. The highest BCUT2D eigenvalue weighted by molar-refractivity contribution is 8.01. The summed E-state index contributed by atoms with van der Waals surface area (Å²) in [7, 11) is 0. The molecule has 192 valence electrons. The Hall–Kier alpha value is -3.22. The van der Waals surface area contributed by atoms with Gasteiger partial charge in [-0.3, -0.25) is 19.5 Å². The number of aromatic nitrogens is 5. The fraction of sp³-hybridized carbons (Fsp3) is 0.280. The molecule has 2 amide bonds. The first kappa shape index (κ1) is 26.8. The van der Waals surface area contributed by atoms with Crippen LogP contribution in [0.15, 0.2) is 52.0 Å². The number of hydrogen-bond acceptors (Lipinski definition) is 9. The highest BCUT2D eigenvalue weighted by atomic mass is 32.2. The van der Waals surface area contributed by atoms with E-state index >= 15 is 0 Å². The zero-order valence-electron chi connectivity index (χ0n) is 20.9. The molecule has 0 unspecified atom stereocenters. The molecule has 0 atom stereocenters. The van der Waals surface area contributed by atoms with Gasteiger partial charge in [0.1, 0.15) is 0 Å². The molecule has 2 aromatic carbocycles. The number of nitrogens with one attached hydrogen (secondary N) is 2. The molecule has 12 heteroatoms. The molecule has 0 radical (unpaired) electrons. The van der Waals surface area contributed by atoms with Gasteiger partial charge in [-0.1, -0.05) is 71.6 Å². The third-order valence-corrected chi connectivity index (χ3v) is 8.03. The van der Waals surface area contributed by atoms with E-state index in [-0.39, 0.29) is 24.1 Å². The van der Waals surface area contributed by atoms with Gasteiger partial charge < -0.3 is 5.32 Å². The van der Waals surface area contributed by atoms with Crippen molar-refractivity contribution in [1.29, 1.82) is 0 Å². The molecule has 37 heavy (non-hydrogen) atoms. The van der Waals surface area contributed by atoms with Crippen molar-refractivity contribution in [3.05, 3.63) is 70.5 Å². The lowest BCUT2D eigenvalue weighted by atomic mass is 10.1. The molecule has 2 heterocycles.